The van der Waals surface area contributed by atoms with Gasteiger partial charge in [0.05, 0.1) is 28.6 Å². The zero-order chi connectivity index (χ0) is 13.5. The first-order valence-electron chi connectivity index (χ1n) is 6.47. The lowest BCUT2D eigenvalue weighted by Gasteiger charge is -2.41. The number of hydrogen-bond donors (Lipinski definition) is 2. The molecule has 3 rings (SSSR count). The molecular formula is C12H16ClN3O2S. The first-order chi connectivity index (χ1) is 9.13. The van der Waals surface area contributed by atoms with E-state index in [0.717, 1.165) is 37.8 Å². The highest BCUT2D eigenvalue weighted by molar-refractivity contribution is 7.85. The van der Waals surface area contributed by atoms with Crippen LogP contribution >= 0.6 is 11.6 Å². The first kappa shape index (κ1) is 13.3. The second-order valence-electron chi connectivity index (χ2n) is 5.19. The Balaban J connectivity index is 2.00. The molecule has 7 heteroatoms. The zero-order valence-corrected chi connectivity index (χ0v) is 12.1. The largest absolute Gasteiger partial charge is 0.394 e. The van der Waals surface area contributed by atoms with Crippen LogP contribution in [0, 0.1) is 0 Å². The van der Waals surface area contributed by atoms with E-state index >= 15 is 0 Å². The maximum absolute atomic E-state index is 12.2. The number of rotatable bonds is 3. The summed E-state index contributed by atoms with van der Waals surface area (Å²) in [6.45, 7) is 0.0516. The van der Waals surface area contributed by atoms with Crippen LogP contribution in [0.4, 0.5) is 5.82 Å². The van der Waals surface area contributed by atoms with Crippen LogP contribution in [0.2, 0.25) is 5.28 Å². The quantitative estimate of drug-likeness (QED) is 0.828. The van der Waals surface area contributed by atoms with Crippen molar-refractivity contribution < 1.29 is 9.32 Å². The van der Waals surface area contributed by atoms with E-state index in [2.05, 4.69) is 15.3 Å². The SMILES string of the molecule is O=S1CCCc2nc(Cl)nc(NC3(CO)CCC3)c21. The Bertz CT molecular complexity index is 528. The number of aromatic nitrogens is 2. The van der Waals surface area contributed by atoms with Gasteiger partial charge in [-0.2, -0.15) is 4.98 Å². The molecule has 1 atom stereocenters. The molecular weight excluding hydrogens is 286 g/mol. The van der Waals surface area contributed by atoms with Gasteiger partial charge in [0.2, 0.25) is 5.28 Å². The highest BCUT2D eigenvalue weighted by Gasteiger charge is 2.38. The van der Waals surface area contributed by atoms with Crippen molar-refractivity contribution in [2.24, 2.45) is 0 Å². The molecule has 0 spiro atoms. The molecule has 1 aromatic rings. The molecule has 2 heterocycles. The lowest BCUT2D eigenvalue weighted by molar-refractivity contribution is 0.143. The standard InChI is InChI=1S/C12H16ClN3O2S/c13-11-14-8-3-1-6-19(18)9(8)10(15-11)16-12(7-17)4-2-5-12/h17H,1-7H2,(H,14,15,16). The summed E-state index contributed by atoms with van der Waals surface area (Å²) < 4.78 is 12.2. The summed E-state index contributed by atoms with van der Waals surface area (Å²) in [4.78, 5) is 9.05. The van der Waals surface area contributed by atoms with Gasteiger partial charge in [0.25, 0.3) is 0 Å². The van der Waals surface area contributed by atoms with Crippen molar-refractivity contribution in [3.63, 3.8) is 0 Å². The number of aryl methyl sites for hydroxylation is 1. The van der Waals surface area contributed by atoms with E-state index in [9.17, 15) is 9.32 Å². The van der Waals surface area contributed by atoms with Gasteiger partial charge in [-0.1, -0.05) is 0 Å². The Labute approximate surface area is 119 Å². The lowest BCUT2D eigenvalue weighted by atomic mass is 9.77. The van der Waals surface area contributed by atoms with Crippen molar-refractivity contribution in [1.29, 1.82) is 0 Å². The Morgan fingerprint density at radius 1 is 1.37 bits per heavy atom. The van der Waals surface area contributed by atoms with Gasteiger partial charge >= 0.3 is 0 Å². The van der Waals surface area contributed by atoms with Gasteiger partial charge in [-0.25, -0.2) is 4.98 Å². The molecule has 0 aromatic carbocycles. The Kier molecular flexibility index (Phi) is 3.49. The van der Waals surface area contributed by atoms with Crippen LogP contribution in [0.5, 0.6) is 0 Å². The van der Waals surface area contributed by atoms with Gasteiger partial charge in [0.1, 0.15) is 10.7 Å². The van der Waals surface area contributed by atoms with Gasteiger partial charge < -0.3 is 10.4 Å². The molecule has 0 amide bonds. The second kappa shape index (κ2) is 5.00. The Hall–Kier alpha value is -0.720. The molecule has 1 aromatic heterocycles. The van der Waals surface area contributed by atoms with Crippen molar-refractivity contribution >= 4 is 28.2 Å². The van der Waals surface area contributed by atoms with Crippen molar-refractivity contribution in [2.75, 3.05) is 17.7 Å². The van der Waals surface area contributed by atoms with Crippen molar-refractivity contribution in [1.82, 2.24) is 9.97 Å². The Morgan fingerprint density at radius 2 is 2.16 bits per heavy atom. The lowest BCUT2D eigenvalue weighted by Crippen LogP contribution is -2.49. The maximum atomic E-state index is 12.2. The fourth-order valence-corrected chi connectivity index (χ4v) is 4.13. The molecule has 1 aliphatic carbocycles. The highest BCUT2D eigenvalue weighted by Crippen LogP contribution is 2.37. The summed E-state index contributed by atoms with van der Waals surface area (Å²) in [5, 5.41) is 13.0. The number of nitrogens with one attached hydrogen (secondary N) is 1. The molecule has 1 saturated carbocycles. The third-order valence-electron chi connectivity index (χ3n) is 3.88. The number of fused-ring (bicyclic) bond motifs is 1. The normalized spacial score (nSPS) is 24.4. The van der Waals surface area contributed by atoms with Gasteiger partial charge in [-0.05, 0) is 43.7 Å². The minimum Gasteiger partial charge on any atom is -0.394 e. The van der Waals surface area contributed by atoms with Crippen LogP contribution in [-0.4, -0.2) is 37.2 Å². The van der Waals surface area contributed by atoms with Gasteiger partial charge in [0, 0.05) is 5.75 Å². The molecule has 19 heavy (non-hydrogen) atoms. The van der Waals surface area contributed by atoms with Gasteiger partial charge in [-0.3, -0.25) is 4.21 Å². The summed E-state index contributed by atoms with van der Waals surface area (Å²) in [5.74, 6) is 1.18. The topological polar surface area (TPSA) is 75.1 Å². The molecule has 2 aliphatic rings. The van der Waals surface area contributed by atoms with Crippen molar-refractivity contribution in [3.05, 3.63) is 11.0 Å². The van der Waals surface area contributed by atoms with Crippen molar-refractivity contribution in [3.8, 4) is 0 Å². The summed E-state index contributed by atoms with van der Waals surface area (Å²) in [6.07, 6.45) is 4.51. The number of anilines is 1. The molecule has 0 radical (unpaired) electrons. The summed E-state index contributed by atoms with van der Waals surface area (Å²) >= 11 is 5.94. The van der Waals surface area contributed by atoms with E-state index in [1.54, 1.807) is 0 Å². The number of hydrogen-bond acceptors (Lipinski definition) is 5. The van der Waals surface area contributed by atoms with E-state index < -0.39 is 10.8 Å². The maximum Gasteiger partial charge on any atom is 0.224 e. The van der Waals surface area contributed by atoms with Crippen LogP contribution in [0.15, 0.2) is 4.90 Å². The molecule has 5 nitrogen and oxygen atoms in total. The third-order valence-corrected chi connectivity index (χ3v) is 5.59. The predicted octanol–water partition coefficient (Wildman–Crippen LogP) is 1.51. The van der Waals surface area contributed by atoms with E-state index in [1.165, 1.54) is 0 Å². The second-order valence-corrected chi connectivity index (χ2v) is 7.03. The summed E-state index contributed by atoms with van der Waals surface area (Å²) in [5.41, 5.74) is 0.451. The van der Waals surface area contributed by atoms with Crippen LogP contribution in [0.25, 0.3) is 0 Å². The number of nitrogens with zero attached hydrogens (tertiary/aromatic N) is 2. The van der Waals surface area contributed by atoms with Crippen LogP contribution in [0.3, 0.4) is 0 Å². The first-order valence-corrected chi connectivity index (χ1v) is 8.17. The van der Waals surface area contributed by atoms with Gasteiger partial charge in [-0.15, -0.1) is 0 Å². The molecule has 1 fully saturated rings. The van der Waals surface area contributed by atoms with E-state index in [4.69, 9.17) is 11.6 Å². The molecule has 0 bridgehead atoms. The van der Waals surface area contributed by atoms with E-state index in [0.29, 0.717) is 16.5 Å². The number of aliphatic hydroxyl groups is 1. The van der Waals surface area contributed by atoms with E-state index in [-0.39, 0.29) is 17.4 Å². The number of aliphatic hydroxyl groups excluding tert-OH is 1. The fourth-order valence-electron chi connectivity index (χ4n) is 2.61. The molecule has 0 saturated heterocycles. The molecule has 2 N–H and O–H groups in total. The molecule has 1 aliphatic heterocycles. The van der Waals surface area contributed by atoms with Crippen LogP contribution in [0.1, 0.15) is 31.4 Å². The third kappa shape index (κ3) is 2.37. The average molecular weight is 302 g/mol. The molecule has 1 unspecified atom stereocenters. The van der Waals surface area contributed by atoms with Crippen LogP contribution < -0.4 is 5.32 Å². The summed E-state index contributed by atoms with van der Waals surface area (Å²) in [6, 6.07) is 0. The van der Waals surface area contributed by atoms with Crippen molar-refractivity contribution in [2.45, 2.75) is 42.5 Å². The smallest absolute Gasteiger partial charge is 0.224 e. The fraction of sp³-hybridized carbons (Fsp3) is 0.667. The molecule has 104 valence electrons. The number of halogens is 1. The minimum absolute atomic E-state index is 0.0516. The predicted molar refractivity (Wildman–Crippen MR) is 73.9 cm³/mol. The monoisotopic (exact) mass is 301 g/mol. The van der Waals surface area contributed by atoms with E-state index in [1.807, 2.05) is 0 Å². The Morgan fingerprint density at radius 3 is 2.79 bits per heavy atom. The minimum atomic E-state index is -1.08. The zero-order valence-electron chi connectivity index (χ0n) is 10.5. The van der Waals surface area contributed by atoms with Gasteiger partial charge in [0.15, 0.2) is 0 Å². The average Bonchev–Trinajstić information content (AvgIpc) is 2.33. The summed E-state index contributed by atoms with van der Waals surface area (Å²) in [7, 11) is -1.08. The highest BCUT2D eigenvalue weighted by atomic mass is 35.5. The van der Waals surface area contributed by atoms with Crippen LogP contribution in [-0.2, 0) is 17.2 Å².